The van der Waals surface area contributed by atoms with Gasteiger partial charge in [0.15, 0.2) is 0 Å². The van der Waals surface area contributed by atoms with Crippen molar-refractivity contribution in [2.45, 2.75) is 50.4 Å². The number of aromatic nitrogens is 2. The van der Waals surface area contributed by atoms with E-state index in [0.717, 1.165) is 25.0 Å². The van der Waals surface area contributed by atoms with Gasteiger partial charge in [-0.3, -0.25) is 4.68 Å². The molecule has 2 fully saturated rings. The van der Waals surface area contributed by atoms with Crippen molar-refractivity contribution in [2.24, 2.45) is 12.8 Å². The minimum Gasteiger partial charge on any atom is -0.373 e. The van der Waals surface area contributed by atoms with Crippen LogP contribution in [-0.2, 0) is 18.2 Å². The van der Waals surface area contributed by atoms with E-state index in [1.54, 1.807) is 0 Å². The van der Waals surface area contributed by atoms with Crippen molar-refractivity contribution in [3.05, 3.63) is 17.5 Å². The second kappa shape index (κ2) is 3.31. The molecule has 0 aliphatic carbocycles. The van der Waals surface area contributed by atoms with E-state index in [1.165, 1.54) is 12.1 Å². The van der Waals surface area contributed by atoms with E-state index in [-0.39, 0.29) is 11.6 Å². The third-order valence-corrected chi connectivity index (χ3v) is 3.97. The van der Waals surface area contributed by atoms with Crippen molar-refractivity contribution in [2.75, 3.05) is 0 Å². The van der Waals surface area contributed by atoms with E-state index in [2.05, 4.69) is 11.2 Å². The van der Waals surface area contributed by atoms with Crippen molar-refractivity contribution in [1.29, 1.82) is 0 Å². The Morgan fingerprint density at radius 1 is 1.62 bits per heavy atom. The van der Waals surface area contributed by atoms with Crippen molar-refractivity contribution in [3.63, 3.8) is 0 Å². The maximum atomic E-state index is 6.49. The van der Waals surface area contributed by atoms with Gasteiger partial charge in [0.2, 0.25) is 0 Å². The Hall–Kier alpha value is -0.870. The minimum absolute atomic E-state index is 0.164. The van der Waals surface area contributed by atoms with Gasteiger partial charge in [0.1, 0.15) is 0 Å². The molecule has 2 aliphatic heterocycles. The summed E-state index contributed by atoms with van der Waals surface area (Å²) in [6, 6.07) is 2.13. The molecule has 2 N–H and O–H groups in total. The van der Waals surface area contributed by atoms with Crippen LogP contribution in [0.5, 0.6) is 0 Å². The van der Waals surface area contributed by atoms with Crippen LogP contribution in [0.4, 0.5) is 0 Å². The molecule has 3 atom stereocenters. The lowest BCUT2D eigenvalue weighted by Crippen LogP contribution is -2.50. The molecule has 16 heavy (non-hydrogen) atoms. The molecular weight excluding hydrogens is 202 g/mol. The lowest BCUT2D eigenvalue weighted by molar-refractivity contribution is 0.0853. The van der Waals surface area contributed by atoms with Crippen molar-refractivity contribution >= 4 is 0 Å². The van der Waals surface area contributed by atoms with Gasteiger partial charge in [0, 0.05) is 19.2 Å². The smallest absolute Gasteiger partial charge is 0.0764 e. The van der Waals surface area contributed by atoms with Gasteiger partial charge in [-0.2, -0.15) is 5.10 Å². The number of rotatable bonds is 2. The molecule has 0 aromatic carbocycles. The van der Waals surface area contributed by atoms with Crippen LogP contribution in [0.2, 0.25) is 0 Å². The summed E-state index contributed by atoms with van der Waals surface area (Å²) in [5.41, 5.74) is 8.60. The number of nitrogens with two attached hydrogens (primary N) is 1. The van der Waals surface area contributed by atoms with Gasteiger partial charge in [0.05, 0.1) is 23.4 Å². The lowest BCUT2D eigenvalue weighted by atomic mass is 9.79. The summed E-state index contributed by atoms with van der Waals surface area (Å²) < 4.78 is 7.79. The predicted octanol–water partition coefficient (Wildman–Crippen LogP) is 0.920. The SMILES string of the molecule is Cc1cc(CC2(N)CC3CCC2O3)n(C)n1. The molecule has 2 bridgehead atoms. The molecule has 2 aliphatic rings. The molecule has 4 nitrogen and oxygen atoms in total. The molecule has 88 valence electrons. The fraction of sp³-hybridized carbons (Fsp3) is 0.750. The van der Waals surface area contributed by atoms with Crippen molar-refractivity contribution in [3.8, 4) is 0 Å². The van der Waals surface area contributed by atoms with E-state index in [4.69, 9.17) is 10.5 Å². The van der Waals surface area contributed by atoms with Gasteiger partial charge in [-0.15, -0.1) is 0 Å². The second-order valence-corrected chi connectivity index (χ2v) is 5.34. The first-order chi connectivity index (χ1) is 7.57. The van der Waals surface area contributed by atoms with Gasteiger partial charge >= 0.3 is 0 Å². The van der Waals surface area contributed by atoms with Crippen LogP contribution in [0.1, 0.15) is 30.7 Å². The molecule has 3 rings (SSSR count). The summed E-state index contributed by atoms with van der Waals surface area (Å²) in [7, 11) is 1.99. The Morgan fingerprint density at radius 2 is 2.44 bits per heavy atom. The zero-order chi connectivity index (χ0) is 11.3. The summed E-state index contributed by atoms with van der Waals surface area (Å²) in [4.78, 5) is 0. The molecule has 0 amide bonds. The Morgan fingerprint density at radius 3 is 2.94 bits per heavy atom. The van der Waals surface area contributed by atoms with Crippen molar-refractivity contribution < 1.29 is 4.74 Å². The Bertz CT molecular complexity index is 414. The maximum Gasteiger partial charge on any atom is 0.0764 e. The van der Waals surface area contributed by atoms with Gasteiger partial charge in [0.25, 0.3) is 0 Å². The number of ether oxygens (including phenoxy) is 1. The van der Waals surface area contributed by atoms with Crippen LogP contribution in [-0.4, -0.2) is 27.5 Å². The summed E-state index contributed by atoms with van der Waals surface area (Å²) in [6.45, 7) is 2.02. The third-order valence-electron chi connectivity index (χ3n) is 3.97. The number of hydrogen-bond donors (Lipinski definition) is 1. The summed E-state index contributed by atoms with van der Waals surface area (Å²) in [5, 5.41) is 4.37. The van der Waals surface area contributed by atoms with Crippen LogP contribution >= 0.6 is 0 Å². The average Bonchev–Trinajstić information content (AvgIpc) is 2.82. The fourth-order valence-corrected chi connectivity index (χ4v) is 3.19. The van der Waals surface area contributed by atoms with Crippen LogP contribution in [0, 0.1) is 6.92 Å². The quantitative estimate of drug-likeness (QED) is 0.808. The van der Waals surface area contributed by atoms with E-state index >= 15 is 0 Å². The molecule has 0 saturated carbocycles. The first-order valence-electron chi connectivity index (χ1n) is 6.01. The highest BCUT2D eigenvalue weighted by atomic mass is 16.5. The highest BCUT2D eigenvalue weighted by Gasteiger charge is 2.50. The number of nitrogens with zero attached hydrogens (tertiary/aromatic N) is 2. The number of fused-ring (bicyclic) bond motifs is 2. The van der Waals surface area contributed by atoms with Crippen LogP contribution in [0.25, 0.3) is 0 Å². The monoisotopic (exact) mass is 221 g/mol. The highest BCUT2D eigenvalue weighted by Crippen LogP contribution is 2.41. The molecular formula is C12H19N3O. The molecule has 3 heterocycles. The van der Waals surface area contributed by atoms with Gasteiger partial charge in [-0.05, 0) is 32.3 Å². The van der Waals surface area contributed by atoms with Gasteiger partial charge in [-0.25, -0.2) is 0 Å². The largest absolute Gasteiger partial charge is 0.373 e. The van der Waals surface area contributed by atoms with Crippen LogP contribution < -0.4 is 5.73 Å². The molecule has 0 spiro atoms. The summed E-state index contributed by atoms with van der Waals surface area (Å²) in [6.07, 6.45) is 4.86. The molecule has 4 heteroatoms. The second-order valence-electron chi connectivity index (χ2n) is 5.34. The van der Waals surface area contributed by atoms with Crippen LogP contribution in [0.15, 0.2) is 6.07 Å². The number of hydrogen-bond acceptors (Lipinski definition) is 3. The zero-order valence-electron chi connectivity index (χ0n) is 9.94. The summed E-state index contributed by atoms with van der Waals surface area (Å²) >= 11 is 0. The Kier molecular flexibility index (Phi) is 2.13. The van der Waals surface area contributed by atoms with Crippen LogP contribution in [0.3, 0.4) is 0 Å². The molecule has 3 unspecified atom stereocenters. The lowest BCUT2D eigenvalue weighted by Gasteiger charge is -2.30. The van der Waals surface area contributed by atoms with Crippen molar-refractivity contribution in [1.82, 2.24) is 9.78 Å². The maximum absolute atomic E-state index is 6.49. The zero-order valence-corrected chi connectivity index (χ0v) is 9.94. The highest BCUT2D eigenvalue weighted by molar-refractivity contribution is 5.16. The first-order valence-corrected chi connectivity index (χ1v) is 6.01. The van der Waals surface area contributed by atoms with E-state index in [1.807, 2.05) is 18.7 Å². The molecule has 2 saturated heterocycles. The predicted molar refractivity (Wildman–Crippen MR) is 61.1 cm³/mol. The molecule has 1 aromatic rings. The topological polar surface area (TPSA) is 53.1 Å². The molecule has 0 radical (unpaired) electrons. The van der Waals surface area contributed by atoms with E-state index in [9.17, 15) is 0 Å². The first kappa shape index (κ1) is 10.3. The summed E-state index contributed by atoms with van der Waals surface area (Å²) in [5.74, 6) is 0. The Balaban J connectivity index is 1.82. The molecule has 1 aromatic heterocycles. The minimum atomic E-state index is -0.164. The number of aryl methyl sites for hydroxylation is 2. The average molecular weight is 221 g/mol. The van der Waals surface area contributed by atoms with E-state index < -0.39 is 0 Å². The standard InChI is InChI=1S/C12H19N3O/c1-8-5-9(15(2)14-8)6-12(13)7-10-3-4-11(12)16-10/h5,10-11H,3-4,6-7,13H2,1-2H3. The van der Waals surface area contributed by atoms with Gasteiger partial charge < -0.3 is 10.5 Å². The Labute approximate surface area is 95.8 Å². The normalized spacial score (nSPS) is 37.2. The van der Waals surface area contributed by atoms with E-state index in [0.29, 0.717) is 6.10 Å². The fourth-order valence-electron chi connectivity index (χ4n) is 3.19. The third kappa shape index (κ3) is 1.48. The van der Waals surface area contributed by atoms with Gasteiger partial charge in [-0.1, -0.05) is 0 Å².